The second-order valence-corrected chi connectivity index (χ2v) is 7.28. The van der Waals surface area contributed by atoms with E-state index >= 15 is 0 Å². The Morgan fingerprint density at radius 1 is 1.27 bits per heavy atom. The molecule has 0 atom stereocenters. The van der Waals surface area contributed by atoms with E-state index in [0.29, 0.717) is 6.07 Å². The zero-order valence-corrected chi connectivity index (χ0v) is 14.7. The highest BCUT2D eigenvalue weighted by molar-refractivity contribution is 7.90. The van der Waals surface area contributed by atoms with Crippen LogP contribution in [0.25, 0.3) is 0 Å². The molecule has 0 bridgehead atoms. The molecule has 2 N–H and O–H groups in total. The minimum Gasteiger partial charge on any atom is -0.361 e. The lowest BCUT2D eigenvalue weighted by molar-refractivity contribution is -0.136. The van der Waals surface area contributed by atoms with E-state index in [0.717, 1.165) is 22.6 Å². The Balaban J connectivity index is 2.37. The number of hydrogen-bond donors (Lipinski definition) is 2. The molecule has 1 heterocycles. The first-order chi connectivity index (χ1) is 11.9. The molecule has 1 aromatic carbocycles. The molecule has 8 nitrogen and oxygen atoms in total. The Morgan fingerprint density at radius 2 is 1.92 bits per heavy atom. The van der Waals surface area contributed by atoms with Gasteiger partial charge in [-0.1, -0.05) is 5.16 Å². The van der Waals surface area contributed by atoms with E-state index in [1.807, 2.05) is 4.72 Å². The largest absolute Gasteiger partial charge is 0.418 e. The molecule has 1 aromatic heterocycles. The van der Waals surface area contributed by atoms with Gasteiger partial charge in [-0.15, -0.1) is 0 Å². The number of aromatic nitrogens is 1. The van der Waals surface area contributed by atoms with Crippen LogP contribution >= 0.6 is 0 Å². The van der Waals surface area contributed by atoms with Gasteiger partial charge in [-0.2, -0.15) is 25.9 Å². The van der Waals surface area contributed by atoms with E-state index in [1.54, 1.807) is 0 Å². The van der Waals surface area contributed by atoms with Crippen molar-refractivity contribution in [2.45, 2.75) is 13.1 Å². The molecule has 0 aliphatic carbocycles. The topological polar surface area (TPSA) is 105 Å². The lowest BCUT2D eigenvalue weighted by Crippen LogP contribution is -2.30. The number of nitrogens with zero attached hydrogens (tertiary/aromatic N) is 2. The van der Waals surface area contributed by atoms with Crippen LogP contribution in [0.1, 0.15) is 21.7 Å². The van der Waals surface area contributed by atoms with Gasteiger partial charge in [0.1, 0.15) is 11.3 Å². The van der Waals surface area contributed by atoms with Crippen molar-refractivity contribution in [2.75, 3.05) is 24.1 Å². The number of benzene rings is 1. The van der Waals surface area contributed by atoms with Crippen molar-refractivity contribution in [2.24, 2.45) is 0 Å². The van der Waals surface area contributed by atoms with Gasteiger partial charge in [0, 0.05) is 19.8 Å². The number of carbonyl (C=O) groups excluding carboxylic acids is 1. The number of amides is 1. The molecule has 0 aliphatic rings. The Kier molecular flexibility index (Phi) is 5.28. The molecule has 1 amide bonds. The molecule has 0 fully saturated rings. The zero-order chi connectivity index (χ0) is 19.7. The van der Waals surface area contributed by atoms with Crippen LogP contribution in [0, 0.1) is 6.92 Å². The molecule has 0 spiro atoms. The van der Waals surface area contributed by atoms with Crippen molar-refractivity contribution in [1.29, 1.82) is 0 Å². The van der Waals surface area contributed by atoms with Crippen LogP contribution in [0.2, 0.25) is 0 Å². The maximum Gasteiger partial charge on any atom is 0.418 e. The molecular weight excluding hydrogens is 377 g/mol. The predicted molar refractivity (Wildman–Crippen MR) is 86.9 cm³/mol. The second-order valence-electron chi connectivity index (χ2n) is 5.40. The van der Waals surface area contributed by atoms with Gasteiger partial charge in [0.05, 0.1) is 17.4 Å². The highest BCUT2D eigenvalue weighted by atomic mass is 32.2. The van der Waals surface area contributed by atoms with E-state index in [2.05, 4.69) is 10.5 Å². The summed E-state index contributed by atoms with van der Waals surface area (Å²) in [5, 5.41) is 5.70. The zero-order valence-electron chi connectivity index (χ0n) is 13.9. The number of alkyl halides is 3. The molecule has 2 aromatic rings. The quantitative estimate of drug-likeness (QED) is 0.813. The van der Waals surface area contributed by atoms with Crippen LogP contribution in [0.5, 0.6) is 0 Å². The maximum absolute atomic E-state index is 13.3. The van der Waals surface area contributed by atoms with Crippen LogP contribution < -0.4 is 10.0 Å². The van der Waals surface area contributed by atoms with Crippen LogP contribution in [-0.2, 0) is 16.4 Å². The summed E-state index contributed by atoms with van der Waals surface area (Å²) in [6.45, 7) is 1.47. The fourth-order valence-corrected chi connectivity index (χ4v) is 2.53. The van der Waals surface area contributed by atoms with E-state index in [-0.39, 0.29) is 17.0 Å². The number of halogens is 3. The van der Waals surface area contributed by atoms with Gasteiger partial charge in [0.2, 0.25) is 0 Å². The smallest absolute Gasteiger partial charge is 0.361 e. The fourth-order valence-electron chi connectivity index (χ4n) is 1.89. The van der Waals surface area contributed by atoms with Crippen molar-refractivity contribution in [1.82, 2.24) is 9.46 Å². The molecule has 26 heavy (non-hydrogen) atoms. The van der Waals surface area contributed by atoms with Crippen LogP contribution in [0.3, 0.4) is 0 Å². The fraction of sp³-hybridized carbons (Fsp3) is 0.286. The highest BCUT2D eigenvalue weighted by Gasteiger charge is 2.35. The third-order valence-electron chi connectivity index (χ3n) is 3.30. The van der Waals surface area contributed by atoms with E-state index in [9.17, 15) is 26.4 Å². The van der Waals surface area contributed by atoms with Gasteiger partial charge in [-0.3, -0.25) is 9.52 Å². The number of rotatable bonds is 5. The molecule has 0 radical (unpaired) electrons. The first-order valence-corrected chi connectivity index (χ1v) is 8.50. The molecule has 0 saturated carbocycles. The van der Waals surface area contributed by atoms with Gasteiger partial charge in [0.25, 0.3) is 5.91 Å². The Bertz CT molecular complexity index is 923. The Labute approximate surface area is 147 Å². The SMILES string of the molecule is Cc1oncc1C(=O)Nc1ccc(NS(=O)(=O)N(C)C)c(C(F)(F)F)c1. The molecule has 2 rings (SSSR count). The summed E-state index contributed by atoms with van der Waals surface area (Å²) in [6.07, 6.45) is -3.72. The number of hydrogen-bond acceptors (Lipinski definition) is 5. The third-order valence-corrected chi connectivity index (χ3v) is 4.74. The van der Waals surface area contributed by atoms with Crippen molar-refractivity contribution in [3.8, 4) is 0 Å². The van der Waals surface area contributed by atoms with E-state index < -0.39 is 33.5 Å². The summed E-state index contributed by atoms with van der Waals surface area (Å²) < 4.78 is 70.8. The maximum atomic E-state index is 13.3. The number of nitrogens with one attached hydrogen (secondary N) is 2. The number of aryl methyl sites for hydroxylation is 1. The summed E-state index contributed by atoms with van der Waals surface area (Å²) in [4.78, 5) is 12.0. The van der Waals surface area contributed by atoms with Gasteiger partial charge >= 0.3 is 16.4 Å². The number of anilines is 2. The third kappa shape index (κ3) is 4.32. The first kappa shape index (κ1) is 19.7. The second kappa shape index (κ2) is 6.96. The van der Waals surface area contributed by atoms with E-state index in [1.165, 1.54) is 21.0 Å². The average Bonchev–Trinajstić information content (AvgIpc) is 2.93. The summed E-state index contributed by atoms with van der Waals surface area (Å²) in [5.41, 5.74) is -2.01. The lowest BCUT2D eigenvalue weighted by Gasteiger charge is -2.18. The molecule has 142 valence electrons. The van der Waals surface area contributed by atoms with Gasteiger partial charge in [-0.05, 0) is 25.1 Å². The summed E-state index contributed by atoms with van der Waals surface area (Å²) in [5.74, 6) is -0.507. The highest BCUT2D eigenvalue weighted by Crippen LogP contribution is 2.37. The van der Waals surface area contributed by atoms with Gasteiger partial charge < -0.3 is 9.84 Å². The first-order valence-electron chi connectivity index (χ1n) is 7.06. The molecule has 0 saturated heterocycles. The van der Waals surface area contributed by atoms with Crippen molar-refractivity contribution >= 4 is 27.5 Å². The van der Waals surface area contributed by atoms with Crippen LogP contribution in [0.4, 0.5) is 24.5 Å². The predicted octanol–water partition coefficient (Wildman–Crippen LogP) is 2.47. The van der Waals surface area contributed by atoms with Crippen molar-refractivity contribution < 1.29 is 30.9 Å². The minimum absolute atomic E-state index is 0.0657. The Morgan fingerprint density at radius 3 is 2.42 bits per heavy atom. The Hall–Kier alpha value is -2.60. The minimum atomic E-state index is -4.85. The summed E-state index contributed by atoms with van der Waals surface area (Å²) in [6, 6.07) is 2.69. The molecule has 0 aliphatic heterocycles. The normalized spacial score (nSPS) is 12.3. The molecule has 12 heteroatoms. The molecule has 0 unspecified atom stereocenters. The van der Waals surface area contributed by atoms with Gasteiger partial charge in [-0.25, -0.2) is 0 Å². The van der Waals surface area contributed by atoms with Crippen molar-refractivity contribution in [3.05, 3.63) is 41.3 Å². The molecular formula is C14H15F3N4O4S. The monoisotopic (exact) mass is 392 g/mol. The summed E-state index contributed by atoms with van der Waals surface area (Å²) in [7, 11) is -1.79. The van der Waals surface area contributed by atoms with Crippen LogP contribution in [-0.4, -0.2) is 37.9 Å². The van der Waals surface area contributed by atoms with Gasteiger partial charge in [0.15, 0.2) is 0 Å². The average molecular weight is 392 g/mol. The number of carbonyl (C=O) groups is 1. The van der Waals surface area contributed by atoms with Crippen molar-refractivity contribution in [3.63, 3.8) is 0 Å². The van der Waals surface area contributed by atoms with Crippen LogP contribution in [0.15, 0.2) is 28.9 Å². The summed E-state index contributed by atoms with van der Waals surface area (Å²) >= 11 is 0. The standard InChI is InChI=1S/C14H15F3N4O4S/c1-8-10(7-18-25-8)13(22)19-9-4-5-12(11(6-9)14(15,16)17)20-26(23,24)21(2)3/h4-7,20H,1-3H3,(H,19,22). The van der Waals surface area contributed by atoms with E-state index in [4.69, 9.17) is 4.52 Å². The lowest BCUT2D eigenvalue weighted by atomic mass is 10.1.